The molecule has 27 heavy (non-hydrogen) atoms. The minimum Gasteiger partial charge on any atom is -0.481 e. The van der Waals surface area contributed by atoms with Crippen molar-refractivity contribution in [1.82, 2.24) is 0 Å². The van der Waals surface area contributed by atoms with Crippen LogP contribution in [0.3, 0.4) is 0 Å². The average molecular weight is 382 g/mol. The first-order valence-electron chi connectivity index (χ1n) is 7.79. The van der Waals surface area contributed by atoms with Gasteiger partial charge in [-0.15, -0.1) is 0 Å². The number of methoxy groups -OCH3 is 1. The average Bonchev–Trinajstić information content (AvgIpc) is 2.62. The van der Waals surface area contributed by atoms with Crippen molar-refractivity contribution < 1.29 is 32.2 Å². The van der Waals surface area contributed by atoms with Gasteiger partial charge < -0.3 is 14.8 Å². The fraction of sp³-hybridized carbons (Fsp3) is 0.222. The number of carbonyl (C=O) groups is 2. The molecule has 0 bridgehead atoms. The van der Waals surface area contributed by atoms with Gasteiger partial charge in [-0.1, -0.05) is 12.1 Å². The summed E-state index contributed by atoms with van der Waals surface area (Å²) in [5, 5.41) is 4.67. The van der Waals surface area contributed by atoms with E-state index in [4.69, 9.17) is 4.74 Å². The van der Waals surface area contributed by atoms with Crippen molar-refractivity contribution >= 4 is 23.4 Å². The van der Waals surface area contributed by atoms with E-state index < -0.39 is 29.8 Å². The number of benzene rings is 2. The van der Waals surface area contributed by atoms with E-state index in [1.165, 1.54) is 56.5 Å². The molecule has 9 heteroatoms. The third kappa shape index (κ3) is 5.63. The molecule has 2 aromatic carbocycles. The highest BCUT2D eigenvalue weighted by Crippen LogP contribution is 2.34. The Hall–Kier alpha value is -3.23. The Bertz CT molecular complexity index is 807. The molecular weight excluding hydrogens is 365 g/mol. The SMILES string of the molecule is COC(=O)Nc1ccc(OC(C)C(=O)Nc2ccccc2C(F)(F)F)cc1. The van der Waals surface area contributed by atoms with Gasteiger partial charge in [0.05, 0.1) is 18.4 Å². The molecule has 6 nitrogen and oxygen atoms in total. The van der Waals surface area contributed by atoms with Gasteiger partial charge in [0.15, 0.2) is 6.10 Å². The molecule has 0 spiro atoms. The van der Waals surface area contributed by atoms with Crippen LogP contribution in [0, 0.1) is 0 Å². The van der Waals surface area contributed by atoms with Gasteiger partial charge in [0.25, 0.3) is 5.91 Å². The van der Waals surface area contributed by atoms with Crippen LogP contribution in [0.2, 0.25) is 0 Å². The maximum absolute atomic E-state index is 13.0. The van der Waals surface area contributed by atoms with E-state index in [1.807, 2.05) is 0 Å². The van der Waals surface area contributed by atoms with Crippen molar-refractivity contribution in [3.63, 3.8) is 0 Å². The lowest BCUT2D eigenvalue weighted by molar-refractivity contribution is -0.137. The molecule has 0 fully saturated rings. The molecule has 1 atom stereocenters. The summed E-state index contributed by atoms with van der Waals surface area (Å²) in [7, 11) is 1.23. The number of halogens is 3. The van der Waals surface area contributed by atoms with Gasteiger partial charge in [0.1, 0.15) is 5.75 Å². The highest BCUT2D eigenvalue weighted by molar-refractivity contribution is 5.94. The lowest BCUT2D eigenvalue weighted by Gasteiger charge is -2.17. The standard InChI is InChI=1S/C18H17F3N2O4/c1-11(27-13-9-7-12(8-10-13)22-17(25)26-2)16(24)23-15-6-4-3-5-14(15)18(19,20)21/h3-11H,1-2H3,(H,22,25)(H,23,24). The third-order valence-corrected chi connectivity index (χ3v) is 3.46. The molecule has 2 N–H and O–H groups in total. The zero-order valence-corrected chi connectivity index (χ0v) is 14.5. The maximum Gasteiger partial charge on any atom is 0.418 e. The summed E-state index contributed by atoms with van der Waals surface area (Å²) < 4.78 is 48.8. The number of hydrogen-bond donors (Lipinski definition) is 2. The molecule has 0 saturated heterocycles. The maximum atomic E-state index is 13.0. The summed E-state index contributed by atoms with van der Waals surface area (Å²) in [6.07, 6.45) is -6.28. The van der Waals surface area contributed by atoms with Crippen molar-refractivity contribution in [2.24, 2.45) is 0 Å². The molecule has 1 unspecified atom stereocenters. The Morgan fingerprint density at radius 1 is 1.00 bits per heavy atom. The van der Waals surface area contributed by atoms with E-state index in [0.29, 0.717) is 11.4 Å². The van der Waals surface area contributed by atoms with Crippen LogP contribution >= 0.6 is 0 Å². The summed E-state index contributed by atoms with van der Waals surface area (Å²) in [5.41, 5.74) is -0.836. The molecule has 2 aromatic rings. The lowest BCUT2D eigenvalue weighted by Crippen LogP contribution is -2.31. The molecule has 0 aliphatic heterocycles. The first-order valence-corrected chi connectivity index (χ1v) is 7.79. The molecule has 2 amide bonds. The predicted molar refractivity (Wildman–Crippen MR) is 92.6 cm³/mol. The Labute approximate surface area is 153 Å². The molecule has 144 valence electrons. The van der Waals surface area contributed by atoms with Crippen LogP contribution < -0.4 is 15.4 Å². The number of alkyl halides is 3. The first-order chi connectivity index (χ1) is 12.7. The van der Waals surface area contributed by atoms with Crippen LogP contribution in [0.4, 0.5) is 29.3 Å². The van der Waals surface area contributed by atoms with E-state index in [-0.39, 0.29) is 5.69 Å². The summed E-state index contributed by atoms with van der Waals surface area (Å²) >= 11 is 0. The minimum absolute atomic E-state index is 0.303. The van der Waals surface area contributed by atoms with Crippen LogP contribution in [0.1, 0.15) is 12.5 Å². The van der Waals surface area contributed by atoms with Crippen molar-refractivity contribution in [3.05, 3.63) is 54.1 Å². The van der Waals surface area contributed by atoms with E-state index in [0.717, 1.165) is 6.07 Å². The molecule has 0 saturated carbocycles. The van der Waals surface area contributed by atoms with Crippen molar-refractivity contribution in [2.45, 2.75) is 19.2 Å². The van der Waals surface area contributed by atoms with E-state index in [9.17, 15) is 22.8 Å². The normalized spacial score (nSPS) is 12.0. The molecule has 2 rings (SSSR count). The minimum atomic E-state index is -4.59. The second-order valence-corrected chi connectivity index (χ2v) is 5.43. The van der Waals surface area contributed by atoms with Gasteiger partial charge in [-0.05, 0) is 43.3 Å². The molecule has 0 aromatic heterocycles. The smallest absolute Gasteiger partial charge is 0.418 e. The number of rotatable bonds is 5. The molecule has 0 heterocycles. The van der Waals surface area contributed by atoms with Gasteiger partial charge in [-0.25, -0.2) is 4.79 Å². The summed E-state index contributed by atoms with van der Waals surface area (Å²) in [4.78, 5) is 23.3. The third-order valence-electron chi connectivity index (χ3n) is 3.46. The van der Waals surface area contributed by atoms with Gasteiger partial charge in [-0.3, -0.25) is 10.1 Å². The fourth-order valence-corrected chi connectivity index (χ4v) is 2.12. The van der Waals surface area contributed by atoms with Crippen molar-refractivity contribution in [2.75, 3.05) is 17.7 Å². The van der Waals surface area contributed by atoms with E-state index in [2.05, 4.69) is 15.4 Å². The first kappa shape index (κ1) is 20.1. The molecule has 0 aliphatic carbocycles. The van der Waals surface area contributed by atoms with E-state index >= 15 is 0 Å². The second-order valence-electron chi connectivity index (χ2n) is 5.43. The topological polar surface area (TPSA) is 76.7 Å². The summed E-state index contributed by atoms with van der Waals surface area (Å²) in [5.74, 6) is -0.430. The Balaban J connectivity index is 2.01. The van der Waals surface area contributed by atoms with Crippen LogP contribution in [-0.4, -0.2) is 25.2 Å². The molecule has 0 aliphatic rings. The van der Waals surface area contributed by atoms with Crippen LogP contribution in [0.5, 0.6) is 5.75 Å². The Morgan fingerprint density at radius 3 is 2.22 bits per heavy atom. The summed E-state index contributed by atoms with van der Waals surface area (Å²) in [6, 6.07) is 10.7. The number of amides is 2. The van der Waals surface area contributed by atoms with Gasteiger partial charge in [0.2, 0.25) is 0 Å². The zero-order chi connectivity index (χ0) is 20.0. The predicted octanol–water partition coefficient (Wildman–Crippen LogP) is 4.29. The van der Waals surface area contributed by atoms with Gasteiger partial charge >= 0.3 is 12.3 Å². The number of hydrogen-bond acceptors (Lipinski definition) is 4. The second kappa shape index (κ2) is 8.43. The zero-order valence-electron chi connectivity index (χ0n) is 14.5. The van der Waals surface area contributed by atoms with Crippen LogP contribution in [0.25, 0.3) is 0 Å². The molecule has 0 radical (unpaired) electrons. The van der Waals surface area contributed by atoms with Crippen LogP contribution in [-0.2, 0) is 15.7 Å². The van der Waals surface area contributed by atoms with Crippen molar-refractivity contribution in [1.29, 1.82) is 0 Å². The molecular formula is C18H17F3N2O4. The highest BCUT2D eigenvalue weighted by Gasteiger charge is 2.34. The number of anilines is 2. The number of para-hydroxylation sites is 1. The largest absolute Gasteiger partial charge is 0.481 e. The van der Waals surface area contributed by atoms with Crippen molar-refractivity contribution in [3.8, 4) is 5.75 Å². The fourth-order valence-electron chi connectivity index (χ4n) is 2.12. The quantitative estimate of drug-likeness (QED) is 0.809. The Morgan fingerprint density at radius 2 is 1.63 bits per heavy atom. The number of carbonyl (C=O) groups excluding carboxylic acids is 2. The van der Waals surface area contributed by atoms with Crippen LogP contribution in [0.15, 0.2) is 48.5 Å². The Kier molecular flexibility index (Phi) is 6.27. The summed E-state index contributed by atoms with van der Waals surface area (Å²) in [6.45, 7) is 1.41. The van der Waals surface area contributed by atoms with Gasteiger partial charge in [0, 0.05) is 5.69 Å². The number of nitrogens with one attached hydrogen (secondary N) is 2. The van der Waals surface area contributed by atoms with Gasteiger partial charge in [-0.2, -0.15) is 13.2 Å². The highest BCUT2D eigenvalue weighted by atomic mass is 19.4. The monoisotopic (exact) mass is 382 g/mol. The lowest BCUT2D eigenvalue weighted by atomic mass is 10.1. The number of ether oxygens (including phenoxy) is 2. The van der Waals surface area contributed by atoms with E-state index in [1.54, 1.807) is 0 Å².